The molecule has 1 amide bonds. The van der Waals surface area contributed by atoms with Crippen molar-refractivity contribution in [2.45, 2.75) is 26.4 Å². The summed E-state index contributed by atoms with van der Waals surface area (Å²) in [5.74, 6) is 1.20. The highest BCUT2D eigenvalue weighted by Gasteiger charge is 2.25. The molecule has 1 N–H and O–H groups in total. The number of likely N-dealkylation sites (tertiary alicyclic amines) is 1. The number of rotatable bonds is 6. The summed E-state index contributed by atoms with van der Waals surface area (Å²) in [6.07, 6.45) is 2.09. The molecule has 1 fully saturated rings. The van der Waals surface area contributed by atoms with Crippen LogP contribution in [-0.2, 0) is 11.3 Å². The average Bonchev–Trinajstić information content (AvgIpc) is 2.94. The summed E-state index contributed by atoms with van der Waals surface area (Å²) in [5, 5.41) is 7.19. The van der Waals surface area contributed by atoms with Crippen LogP contribution in [0.15, 0.2) is 10.6 Å². The van der Waals surface area contributed by atoms with Gasteiger partial charge in [-0.25, -0.2) is 0 Å². The van der Waals surface area contributed by atoms with Gasteiger partial charge in [-0.2, -0.15) is 0 Å². The first-order valence-corrected chi connectivity index (χ1v) is 7.19. The van der Waals surface area contributed by atoms with Crippen LogP contribution in [0, 0.1) is 5.92 Å². The van der Waals surface area contributed by atoms with Gasteiger partial charge in [0.05, 0.1) is 0 Å². The molecule has 2 rings (SSSR count). The number of amides is 1. The molecule has 0 unspecified atom stereocenters. The van der Waals surface area contributed by atoms with E-state index in [1.54, 1.807) is 13.2 Å². The molecule has 2 heterocycles. The first-order valence-electron chi connectivity index (χ1n) is 7.19. The summed E-state index contributed by atoms with van der Waals surface area (Å²) < 4.78 is 10.0. The van der Waals surface area contributed by atoms with Crippen LogP contribution in [0.4, 0.5) is 0 Å². The largest absolute Gasteiger partial charge is 0.377 e. The summed E-state index contributed by atoms with van der Waals surface area (Å²) in [4.78, 5) is 14.1. The second-order valence-corrected chi connectivity index (χ2v) is 5.15. The monoisotopic (exact) mass is 281 g/mol. The van der Waals surface area contributed by atoms with E-state index in [-0.39, 0.29) is 5.91 Å². The average molecular weight is 281 g/mol. The van der Waals surface area contributed by atoms with E-state index in [4.69, 9.17) is 9.26 Å². The first-order chi connectivity index (χ1) is 9.74. The van der Waals surface area contributed by atoms with Gasteiger partial charge in [0.1, 0.15) is 6.61 Å². The van der Waals surface area contributed by atoms with Crippen molar-refractivity contribution in [2.75, 3.05) is 33.3 Å². The lowest BCUT2D eigenvalue weighted by Gasteiger charge is -2.31. The van der Waals surface area contributed by atoms with Crippen molar-refractivity contribution in [1.82, 2.24) is 15.4 Å². The van der Waals surface area contributed by atoms with E-state index in [0.29, 0.717) is 24.0 Å². The molecule has 1 aliphatic heterocycles. The highest BCUT2D eigenvalue weighted by Crippen LogP contribution is 2.18. The lowest BCUT2D eigenvalue weighted by molar-refractivity contribution is 0.0679. The predicted octanol–water partition coefficient (Wildman–Crippen LogP) is 1.28. The van der Waals surface area contributed by atoms with Gasteiger partial charge in [-0.1, -0.05) is 12.1 Å². The van der Waals surface area contributed by atoms with Gasteiger partial charge in [0, 0.05) is 26.3 Å². The maximum absolute atomic E-state index is 12.3. The van der Waals surface area contributed by atoms with E-state index >= 15 is 0 Å². The Balaban J connectivity index is 1.84. The molecule has 6 heteroatoms. The number of hydrogen-bond donors (Lipinski definition) is 1. The van der Waals surface area contributed by atoms with E-state index in [1.807, 2.05) is 4.90 Å². The fourth-order valence-corrected chi connectivity index (χ4v) is 2.47. The molecule has 0 bridgehead atoms. The Kier molecular flexibility index (Phi) is 5.55. The second kappa shape index (κ2) is 7.40. The lowest BCUT2D eigenvalue weighted by Crippen LogP contribution is -2.40. The van der Waals surface area contributed by atoms with Gasteiger partial charge in [-0.05, 0) is 31.8 Å². The Bertz CT molecular complexity index is 425. The molecule has 1 saturated heterocycles. The quantitative estimate of drug-likeness (QED) is 0.851. The molecule has 0 saturated carbocycles. The third-order valence-electron chi connectivity index (χ3n) is 3.65. The number of carbonyl (C=O) groups excluding carboxylic acids is 1. The molecule has 1 aliphatic rings. The Morgan fingerprint density at radius 1 is 1.55 bits per heavy atom. The molecule has 0 radical (unpaired) electrons. The van der Waals surface area contributed by atoms with Crippen LogP contribution < -0.4 is 5.32 Å². The minimum absolute atomic E-state index is 0.0435. The lowest BCUT2D eigenvalue weighted by atomic mass is 9.96. The molecule has 0 spiro atoms. The van der Waals surface area contributed by atoms with Crippen LogP contribution in [0.2, 0.25) is 0 Å². The van der Waals surface area contributed by atoms with Gasteiger partial charge in [0.15, 0.2) is 11.5 Å². The molecule has 0 atom stereocenters. The van der Waals surface area contributed by atoms with Crippen LogP contribution in [0.5, 0.6) is 0 Å². The minimum Gasteiger partial charge on any atom is -0.377 e. The van der Waals surface area contributed by atoms with Gasteiger partial charge in [0.2, 0.25) is 0 Å². The molecule has 0 aromatic carbocycles. The first kappa shape index (κ1) is 15.0. The normalized spacial score (nSPS) is 16.6. The molecule has 112 valence electrons. The van der Waals surface area contributed by atoms with Crippen LogP contribution in [-0.4, -0.2) is 49.3 Å². The molecule has 1 aromatic heterocycles. The van der Waals surface area contributed by atoms with Crippen molar-refractivity contribution in [3.63, 3.8) is 0 Å². The summed E-state index contributed by atoms with van der Waals surface area (Å²) in [6, 6.07) is 1.66. The smallest absolute Gasteiger partial charge is 0.276 e. The third kappa shape index (κ3) is 3.80. The number of hydrogen-bond acceptors (Lipinski definition) is 5. The fourth-order valence-electron chi connectivity index (χ4n) is 2.47. The van der Waals surface area contributed by atoms with Gasteiger partial charge >= 0.3 is 0 Å². The summed E-state index contributed by atoms with van der Waals surface area (Å²) in [7, 11) is 1.58. The molecular weight excluding hydrogens is 258 g/mol. The van der Waals surface area contributed by atoms with E-state index in [9.17, 15) is 4.79 Å². The van der Waals surface area contributed by atoms with Crippen LogP contribution in [0.3, 0.4) is 0 Å². The minimum atomic E-state index is -0.0435. The maximum Gasteiger partial charge on any atom is 0.276 e. The number of piperidine rings is 1. The van der Waals surface area contributed by atoms with Gasteiger partial charge < -0.3 is 19.5 Å². The third-order valence-corrected chi connectivity index (χ3v) is 3.65. The van der Waals surface area contributed by atoms with Crippen molar-refractivity contribution in [3.8, 4) is 0 Å². The molecular formula is C14H23N3O3. The number of nitrogens with zero attached hydrogens (tertiary/aromatic N) is 2. The van der Waals surface area contributed by atoms with Crippen molar-refractivity contribution in [1.29, 1.82) is 0 Å². The Morgan fingerprint density at radius 2 is 2.30 bits per heavy atom. The van der Waals surface area contributed by atoms with E-state index in [1.165, 1.54) is 0 Å². The highest BCUT2D eigenvalue weighted by atomic mass is 16.5. The Labute approximate surface area is 119 Å². The van der Waals surface area contributed by atoms with Gasteiger partial charge in [0.25, 0.3) is 5.91 Å². The van der Waals surface area contributed by atoms with Crippen molar-refractivity contribution in [2.24, 2.45) is 5.92 Å². The zero-order valence-corrected chi connectivity index (χ0v) is 12.2. The number of ether oxygens (including phenoxy) is 1. The van der Waals surface area contributed by atoms with Crippen LogP contribution in [0.1, 0.15) is 36.0 Å². The van der Waals surface area contributed by atoms with E-state index < -0.39 is 0 Å². The summed E-state index contributed by atoms with van der Waals surface area (Å²) in [5.41, 5.74) is 0.377. The zero-order valence-electron chi connectivity index (χ0n) is 12.2. The van der Waals surface area contributed by atoms with Crippen molar-refractivity contribution in [3.05, 3.63) is 17.5 Å². The number of carbonyl (C=O) groups is 1. The summed E-state index contributed by atoms with van der Waals surface area (Å²) in [6.45, 7) is 6.08. The second-order valence-electron chi connectivity index (χ2n) is 5.15. The standard InChI is InChI=1S/C14H23N3O3/c1-3-15-9-11-4-6-17(7-5-11)14(18)13-8-12(10-19-2)20-16-13/h8,11,15H,3-7,9-10H2,1-2H3. The predicted molar refractivity (Wildman–Crippen MR) is 74.4 cm³/mol. The number of nitrogens with one attached hydrogen (secondary N) is 1. The van der Waals surface area contributed by atoms with Crippen molar-refractivity contribution < 1.29 is 14.1 Å². The number of aromatic nitrogens is 1. The van der Waals surface area contributed by atoms with Crippen molar-refractivity contribution >= 4 is 5.91 Å². The summed E-state index contributed by atoms with van der Waals surface area (Å²) >= 11 is 0. The molecule has 1 aromatic rings. The van der Waals surface area contributed by atoms with Gasteiger partial charge in [-0.15, -0.1) is 0 Å². The molecule has 0 aliphatic carbocycles. The van der Waals surface area contributed by atoms with Crippen LogP contribution >= 0.6 is 0 Å². The Morgan fingerprint density at radius 3 is 2.95 bits per heavy atom. The Hall–Kier alpha value is -1.40. The zero-order chi connectivity index (χ0) is 14.4. The molecule has 6 nitrogen and oxygen atoms in total. The van der Waals surface area contributed by atoms with E-state index in [0.717, 1.165) is 39.0 Å². The maximum atomic E-state index is 12.3. The van der Waals surface area contributed by atoms with E-state index in [2.05, 4.69) is 17.4 Å². The van der Waals surface area contributed by atoms with Crippen LogP contribution in [0.25, 0.3) is 0 Å². The number of methoxy groups -OCH3 is 1. The highest BCUT2D eigenvalue weighted by molar-refractivity contribution is 5.92. The fraction of sp³-hybridized carbons (Fsp3) is 0.714. The van der Waals surface area contributed by atoms with Gasteiger partial charge in [-0.3, -0.25) is 4.79 Å². The SMILES string of the molecule is CCNCC1CCN(C(=O)c2cc(COC)on2)CC1. The molecule has 20 heavy (non-hydrogen) atoms. The topological polar surface area (TPSA) is 67.6 Å².